The fraction of sp³-hybridized carbons (Fsp3) is 0.571. The van der Waals surface area contributed by atoms with Crippen LogP contribution in [0.15, 0.2) is 65.6 Å². The molecule has 0 bridgehead atoms. The third kappa shape index (κ3) is 6.29. The number of hydrogen-bond donors (Lipinski definition) is 0. The molecule has 2 aliphatic rings. The summed E-state index contributed by atoms with van der Waals surface area (Å²) >= 11 is 0. The summed E-state index contributed by atoms with van der Waals surface area (Å²) in [5, 5.41) is 0.0380. The first kappa shape index (κ1) is 27.5. The Hall–Kier alpha value is -1.55. The van der Waals surface area contributed by atoms with Gasteiger partial charge in [0.1, 0.15) is 6.10 Å². The van der Waals surface area contributed by atoms with E-state index in [-0.39, 0.29) is 29.5 Å². The third-order valence-corrected chi connectivity index (χ3v) is 14.2. The van der Waals surface area contributed by atoms with Crippen molar-refractivity contribution in [3.8, 4) is 0 Å². The van der Waals surface area contributed by atoms with Gasteiger partial charge in [0.05, 0.1) is 35.9 Å². The van der Waals surface area contributed by atoms with Crippen molar-refractivity contribution >= 4 is 18.2 Å². The highest BCUT2D eigenvalue weighted by atomic mass is 32.2. The molecule has 6 nitrogen and oxygen atoms in total. The van der Waals surface area contributed by atoms with Crippen LogP contribution < -0.4 is 0 Å². The summed E-state index contributed by atoms with van der Waals surface area (Å²) in [7, 11) is -5.64. The second kappa shape index (κ2) is 10.7. The van der Waals surface area contributed by atoms with Crippen LogP contribution in [0.4, 0.5) is 0 Å². The highest BCUT2D eigenvalue weighted by Gasteiger charge is 2.53. The Balaban J connectivity index is 1.46. The molecule has 2 aromatic carbocycles. The highest BCUT2D eigenvalue weighted by molar-refractivity contribution is 7.92. The molecule has 198 valence electrons. The number of hydrogen-bond acceptors (Lipinski definition) is 6. The molecule has 0 radical (unpaired) electrons. The summed E-state index contributed by atoms with van der Waals surface area (Å²) in [6.07, 6.45) is 0.0828. The van der Waals surface area contributed by atoms with Crippen LogP contribution in [0, 0.1) is 0 Å². The minimum absolute atomic E-state index is 0.0380. The number of rotatable bonds is 9. The first-order valence-corrected chi connectivity index (χ1v) is 17.3. The van der Waals surface area contributed by atoms with Gasteiger partial charge >= 0.3 is 0 Å². The van der Waals surface area contributed by atoms with E-state index < -0.39 is 29.7 Å². The van der Waals surface area contributed by atoms with Gasteiger partial charge in [0.15, 0.2) is 13.8 Å². The number of epoxide rings is 1. The van der Waals surface area contributed by atoms with Crippen LogP contribution in [0.2, 0.25) is 18.1 Å². The van der Waals surface area contributed by atoms with E-state index in [1.807, 2.05) is 25.1 Å². The van der Waals surface area contributed by atoms with Gasteiger partial charge < -0.3 is 18.6 Å². The lowest BCUT2D eigenvalue weighted by Crippen LogP contribution is -2.54. The van der Waals surface area contributed by atoms with Gasteiger partial charge in [-0.15, -0.1) is 0 Å². The lowest BCUT2D eigenvalue weighted by atomic mass is 9.96. The Morgan fingerprint density at radius 1 is 0.917 bits per heavy atom. The van der Waals surface area contributed by atoms with Crippen LogP contribution in [0.5, 0.6) is 0 Å². The van der Waals surface area contributed by atoms with E-state index in [4.69, 9.17) is 18.6 Å². The molecule has 2 heterocycles. The molecule has 2 aliphatic heterocycles. The predicted octanol–water partition coefficient (Wildman–Crippen LogP) is 5.73. The molecule has 0 aromatic heterocycles. The Morgan fingerprint density at radius 3 is 2.14 bits per heavy atom. The summed E-state index contributed by atoms with van der Waals surface area (Å²) in [4.78, 5) is 0.291. The van der Waals surface area contributed by atoms with Gasteiger partial charge in [-0.3, -0.25) is 0 Å². The van der Waals surface area contributed by atoms with Crippen molar-refractivity contribution in [1.29, 1.82) is 0 Å². The Labute approximate surface area is 217 Å². The zero-order chi connectivity index (χ0) is 26.1. The molecule has 4 rings (SSSR count). The quantitative estimate of drug-likeness (QED) is 0.303. The molecule has 2 fully saturated rings. The molecule has 2 unspecified atom stereocenters. The van der Waals surface area contributed by atoms with Crippen molar-refractivity contribution in [2.75, 3.05) is 0 Å². The van der Waals surface area contributed by atoms with Gasteiger partial charge in [0.25, 0.3) is 0 Å². The topological polar surface area (TPSA) is 74.4 Å². The maximum absolute atomic E-state index is 13.0. The fourth-order valence-electron chi connectivity index (χ4n) is 4.43. The molecule has 6 atom stereocenters. The summed E-state index contributed by atoms with van der Waals surface area (Å²) < 4.78 is 51.4. The van der Waals surface area contributed by atoms with Crippen LogP contribution in [0.1, 0.15) is 46.1 Å². The predicted molar refractivity (Wildman–Crippen MR) is 143 cm³/mol. The average Bonchev–Trinajstić information content (AvgIpc) is 3.60. The van der Waals surface area contributed by atoms with Gasteiger partial charge in [-0.1, -0.05) is 69.3 Å². The molecular weight excluding hydrogens is 492 g/mol. The van der Waals surface area contributed by atoms with Gasteiger partial charge in [-0.05, 0) is 42.8 Å². The molecule has 2 saturated heterocycles. The zero-order valence-corrected chi connectivity index (χ0v) is 24.0. The third-order valence-electron chi connectivity index (χ3n) is 7.73. The molecule has 2 aromatic rings. The smallest absolute Gasteiger partial charge is 0.207 e. The second-order valence-electron chi connectivity index (χ2n) is 11.5. The van der Waals surface area contributed by atoms with Crippen LogP contribution in [-0.2, 0) is 35.1 Å². The van der Waals surface area contributed by atoms with Crippen molar-refractivity contribution in [3.63, 3.8) is 0 Å². The lowest BCUT2D eigenvalue weighted by molar-refractivity contribution is -0.179. The average molecular weight is 533 g/mol. The van der Waals surface area contributed by atoms with Crippen molar-refractivity contribution in [2.45, 2.75) is 106 Å². The van der Waals surface area contributed by atoms with Crippen molar-refractivity contribution in [1.82, 2.24) is 0 Å². The summed E-state index contributed by atoms with van der Waals surface area (Å²) in [5.41, 5.74) is 0.286. The molecule has 0 amide bonds. The van der Waals surface area contributed by atoms with Crippen molar-refractivity contribution < 1.29 is 27.1 Å². The van der Waals surface area contributed by atoms with Crippen LogP contribution >= 0.6 is 0 Å². The Morgan fingerprint density at radius 2 is 1.53 bits per heavy atom. The van der Waals surface area contributed by atoms with E-state index in [0.29, 0.717) is 24.3 Å². The molecule has 0 spiro atoms. The maximum Gasteiger partial charge on any atom is 0.207 e. The summed E-state index contributed by atoms with van der Waals surface area (Å²) in [6.45, 7) is 13.7. The normalized spacial score (nSPS) is 29.2. The molecular formula is C28H40O6SSi. The first-order chi connectivity index (χ1) is 16.9. The monoisotopic (exact) mass is 532 g/mol. The lowest BCUT2D eigenvalue weighted by Gasteiger charge is -2.46. The van der Waals surface area contributed by atoms with E-state index in [1.54, 1.807) is 30.3 Å². The van der Waals surface area contributed by atoms with E-state index in [2.05, 4.69) is 46.0 Å². The fourth-order valence-corrected chi connectivity index (χ4v) is 7.39. The van der Waals surface area contributed by atoms with Crippen molar-refractivity contribution in [2.24, 2.45) is 0 Å². The number of sulfone groups is 1. The molecule has 0 saturated carbocycles. The molecule has 36 heavy (non-hydrogen) atoms. The Kier molecular flexibility index (Phi) is 8.15. The second-order valence-corrected chi connectivity index (χ2v) is 18.3. The van der Waals surface area contributed by atoms with Crippen LogP contribution in [-0.4, -0.2) is 52.7 Å². The summed E-state index contributed by atoms with van der Waals surface area (Å²) in [5.74, 6) is 0. The van der Waals surface area contributed by atoms with Crippen LogP contribution in [0.25, 0.3) is 0 Å². The minimum Gasteiger partial charge on any atom is -0.411 e. The molecule has 8 heteroatoms. The maximum atomic E-state index is 13.0. The summed E-state index contributed by atoms with van der Waals surface area (Å²) in [6, 6.07) is 18.6. The zero-order valence-electron chi connectivity index (χ0n) is 22.2. The molecule has 0 aliphatic carbocycles. The van der Waals surface area contributed by atoms with E-state index in [1.165, 1.54) is 0 Å². The standard InChI is InChI=1S/C28H40O6SSi/c1-20-23(31-19-21-13-9-7-10-14-21)17-25(34-36(5,6)28(2,3)4)24(32-20)18-26-27(33-26)35(29,30)22-15-11-8-12-16-22/h7-16,20,23-27H,17-19H2,1-6H3/t20-,23+,24+,25-,26?,27?/m1/s1. The minimum atomic E-state index is -3.54. The van der Waals surface area contributed by atoms with Crippen LogP contribution in [0.3, 0.4) is 0 Å². The SMILES string of the molecule is C[C@H]1O[C@@H](CC2OC2S(=O)(=O)c2ccccc2)[C@H](O[Si](C)(C)C(C)(C)C)C[C@@H]1OCc1ccccc1. The van der Waals surface area contributed by atoms with E-state index in [0.717, 1.165) is 5.56 Å². The largest absolute Gasteiger partial charge is 0.411 e. The van der Waals surface area contributed by atoms with E-state index in [9.17, 15) is 8.42 Å². The van der Waals surface area contributed by atoms with E-state index >= 15 is 0 Å². The van der Waals surface area contributed by atoms with Gasteiger partial charge in [-0.25, -0.2) is 8.42 Å². The number of benzene rings is 2. The Bertz CT molecular complexity index is 1100. The van der Waals surface area contributed by atoms with Gasteiger partial charge in [0.2, 0.25) is 9.84 Å². The van der Waals surface area contributed by atoms with Gasteiger partial charge in [0, 0.05) is 12.8 Å². The van der Waals surface area contributed by atoms with Crippen molar-refractivity contribution in [3.05, 3.63) is 66.2 Å². The van der Waals surface area contributed by atoms with Gasteiger partial charge in [-0.2, -0.15) is 0 Å². The first-order valence-electron chi connectivity index (χ1n) is 12.8. The molecule has 0 N–H and O–H groups in total. The number of ether oxygens (including phenoxy) is 3. The highest BCUT2D eigenvalue weighted by Crippen LogP contribution is 2.42.